The first-order chi connectivity index (χ1) is 12.8. The molecule has 160 valence electrons. The van der Waals surface area contributed by atoms with Crippen LogP contribution in [0.1, 0.15) is 104 Å². The lowest BCUT2D eigenvalue weighted by molar-refractivity contribution is 0.0895. The van der Waals surface area contributed by atoms with Gasteiger partial charge in [0.2, 0.25) is 0 Å². The highest BCUT2D eigenvalue weighted by Crippen LogP contribution is 2.07. The van der Waals surface area contributed by atoms with Crippen molar-refractivity contribution in [3.05, 3.63) is 0 Å². The van der Waals surface area contributed by atoms with Gasteiger partial charge in [-0.1, -0.05) is 90.9 Å². The van der Waals surface area contributed by atoms with Gasteiger partial charge in [0.1, 0.15) is 0 Å². The van der Waals surface area contributed by atoms with Crippen molar-refractivity contribution >= 4 is 0 Å². The zero-order valence-corrected chi connectivity index (χ0v) is 17.9. The van der Waals surface area contributed by atoms with Gasteiger partial charge in [-0.05, 0) is 12.8 Å². The van der Waals surface area contributed by atoms with Gasteiger partial charge in [-0.15, -0.1) is 0 Å². The predicted molar refractivity (Wildman–Crippen MR) is 112 cm³/mol. The lowest BCUT2D eigenvalue weighted by Crippen LogP contribution is -2.00. The second-order valence-electron chi connectivity index (χ2n) is 6.91. The number of rotatable bonds is 20. The molecule has 0 radical (unpaired) electrons. The second-order valence-corrected chi connectivity index (χ2v) is 6.91. The summed E-state index contributed by atoms with van der Waals surface area (Å²) in [5.74, 6) is 0. The highest BCUT2D eigenvalue weighted by Gasteiger charge is 1.91. The Balaban J connectivity index is 0. The van der Waals surface area contributed by atoms with Crippen LogP contribution in [0.5, 0.6) is 0 Å². The Hall–Kier alpha value is -0.160. The minimum atomic E-state index is 0.149. The van der Waals surface area contributed by atoms with Crippen LogP contribution in [0.3, 0.4) is 0 Å². The largest absolute Gasteiger partial charge is 0.394 e. The SMILES string of the molecule is CCCCCCCCCOCCO.CCCCCCCCCOCCO. The van der Waals surface area contributed by atoms with E-state index in [2.05, 4.69) is 13.8 Å². The molecule has 0 aromatic rings. The van der Waals surface area contributed by atoms with Crippen LogP contribution in [-0.4, -0.2) is 49.9 Å². The third-order valence-corrected chi connectivity index (χ3v) is 4.26. The molecule has 0 amide bonds. The van der Waals surface area contributed by atoms with Crippen LogP contribution < -0.4 is 0 Å². The Morgan fingerprint density at radius 1 is 0.423 bits per heavy atom. The standard InChI is InChI=1S/2C11H24O2/c2*1-2-3-4-5-6-7-8-10-13-11-9-12/h2*12H,2-11H2,1H3. The number of unbranched alkanes of at least 4 members (excludes halogenated alkanes) is 12. The van der Waals surface area contributed by atoms with Gasteiger partial charge in [-0.2, -0.15) is 0 Å². The van der Waals surface area contributed by atoms with E-state index in [-0.39, 0.29) is 13.2 Å². The van der Waals surface area contributed by atoms with Crippen molar-refractivity contribution in [3.8, 4) is 0 Å². The maximum absolute atomic E-state index is 8.44. The molecule has 0 aliphatic heterocycles. The van der Waals surface area contributed by atoms with E-state index < -0.39 is 0 Å². The zero-order chi connectivity index (χ0) is 19.6. The first-order valence-electron chi connectivity index (χ1n) is 11.2. The maximum atomic E-state index is 8.44. The normalized spacial score (nSPS) is 10.6. The van der Waals surface area contributed by atoms with Gasteiger partial charge in [0.25, 0.3) is 0 Å². The Bertz CT molecular complexity index is 170. The summed E-state index contributed by atoms with van der Waals surface area (Å²) in [7, 11) is 0. The van der Waals surface area contributed by atoms with Gasteiger partial charge in [0.05, 0.1) is 26.4 Å². The van der Waals surface area contributed by atoms with E-state index in [0.29, 0.717) is 13.2 Å². The average Bonchev–Trinajstić information content (AvgIpc) is 2.66. The van der Waals surface area contributed by atoms with Gasteiger partial charge in [0, 0.05) is 13.2 Å². The number of ether oxygens (including phenoxy) is 2. The highest BCUT2D eigenvalue weighted by molar-refractivity contribution is 4.45. The molecule has 0 aromatic carbocycles. The average molecular weight is 377 g/mol. The van der Waals surface area contributed by atoms with Crippen LogP contribution >= 0.6 is 0 Å². The molecule has 0 atom stereocenters. The molecule has 0 saturated heterocycles. The molecule has 0 aliphatic carbocycles. The first-order valence-corrected chi connectivity index (χ1v) is 11.2. The Morgan fingerprint density at radius 3 is 1.04 bits per heavy atom. The zero-order valence-electron chi connectivity index (χ0n) is 17.9. The lowest BCUT2D eigenvalue weighted by Gasteiger charge is -2.02. The van der Waals surface area contributed by atoms with Crippen molar-refractivity contribution in [1.82, 2.24) is 0 Å². The van der Waals surface area contributed by atoms with Crippen LogP contribution in [0, 0.1) is 0 Å². The molecule has 2 N–H and O–H groups in total. The molecule has 0 fully saturated rings. The van der Waals surface area contributed by atoms with E-state index in [1.54, 1.807) is 0 Å². The van der Waals surface area contributed by atoms with Crippen LogP contribution in [0.15, 0.2) is 0 Å². The molecule has 0 aromatic heterocycles. The van der Waals surface area contributed by atoms with Crippen LogP contribution in [0.2, 0.25) is 0 Å². The van der Waals surface area contributed by atoms with E-state index in [9.17, 15) is 0 Å². The van der Waals surface area contributed by atoms with Crippen LogP contribution in [0.4, 0.5) is 0 Å². The van der Waals surface area contributed by atoms with Crippen molar-refractivity contribution in [3.63, 3.8) is 0 Å². The van der Waals surface area contributed by atoms with Crippen molar-refractivity contribution in [2.24, 2.45) is 0 Å². The van der Waals surface area contributed by atoms with Crippen molar-refractivity contribution in [2.75, 3.05) is 39.6 Å². The number of hydrogen-bond donors (Lipinski definition) is 2. The second kappa shape index (κ2) is 29.6. The highest BCUT2D eigenvalue weighted by atomic mass is 16.5. The van der Waals surface area contributed by atoms with Crippen molar-refractivity contribution < 1.29 is 19.7 Å². The third-order valence-electron chi connectivity index (χ3n) is 4.26. The molecule has 0 heterocycles. The smallest absolute Gasteiger partial charge is 0.0697 e. The summed E-state index contributed by atoms with van der Waals surface area (Å²) in [6.45, 7) is 7.40. The monoisotopic (exact) mass is 376 g/mol. The summed E-state index contributed by atoms with van der Waals surface area (Å²) in [4.78, 5) is 0. The molecular weight excluding hydrogens is 328 g/mol. The molecule has 0 rings (SSSR count). The van der Waals surface area contributed by atoms with Gasteiger partial charge in [-0.3, -0.25) is 0 Å². The molecular formula is C22H48O4. The summed E-state index contributed by atoms with van der Waals surface area (Å²) in [5.41, 5.74) is 0. The van der Waals surface area contributed by atoms with E-state index >= 15 is 0 Å². The Labute approximate surface area is 163 Å². The van der Waals surface area contributed by atoms with Gasteiger partial charge >= 0.3 is 0 Å². The molecule has 26 heavy (non-hydrogen) atoms. The van der Waals surface area contributed by atoms with Gasteiger partial charge in [-0.25, -0.2) is 0 Å². The summed E-state index contributed by atoms with van der Waals surface area (Å²) in [6, 6.07) is 0. The van der Waals surface area contributed by atoms with E-state index in [1.165, 1.54) is 77.0 Å². The Kier molecular flexibility index (Phi) is 31.9. The molecule has 0 aliphatic rings. The van der Waals surface area contributed by atoms with E-state index in [4.69, 9.17) is 19.7 Å². The third kappa shape index (κ3) is 31.6. The lowest BCUT2D eigenvalue weighted by atomic mass is 10.1. The molecule has 4 nitrogen and oxygen atoms in total. The predicted octanol–water partition coefficient (Wildman–Crippen LogP) is 5.49. The fraction of sp³-hybridized carbons (Fsp3) is 1.00. The maximum Gasteiger partial charge on any atom is 0.0697 e. The fourth-order valence-electron chi connectivity index (χ4n) is 2.66. The molecule has 4 heteroatoms. The minimum Gasteiger partial charge on any atom is -0.394 e. The van der Waals surface area contributed by atoms with Crippen molar-refractivity contribution in [1.29, 1.82) is 0 Å². The van der Waals surface area contributed by atoms with Crippen LogP contribution in [-0.2, 0) is 9.47 Å². The summed E-state index contributed by atoms with van der Waals surface area (Å²) in [6.07, 6.45) is 18.4. The Morgan fingerprint density at radius 2 is 0.731 bits per heavy atom. The van der Waals surface area contributed by atoms with E-state index in [1.807, 2.05) is 0 Å². The van der Waals surface area contributed by atoms with Gasteiger partial charge < -0.3 is 19.7 Å². The molecule has 0 unspecified atom stereocenters. The van der Waals surface area contributed by atoms with Gasteiger partial charge in [0.15, 0.2) is 0 Å². The fourth-order valence-corrected chi connectivity index (χ4v) is 2.66. The number of hydrogen-bond acceptors (Lipinski definition) is 4. The molecule has 0 saturated carbocycles. The first kappa shape index (κ1) is 28.1. The minimum absolute atomic E-state index is 0.149. The number of aliphatic hydroxyl groups is 2. The summed E-state index contributed by atoms with van der Waals surface area (Å²) < 4.78 is 10.3. The van der Waals surface area contributed by atoms with Crippen LogP contribution in [0.25, 0.3) is 0 Å². The molecule has 0 spiro atoms. The van der Waals surface area contributed by atoms with Crippen molar-refractivity contribution in [2.45, 2.75) is 104 Å². The summed E-state index contributed by atoms with van der Waals surface area (Å²) >= 11 is 0. The topological polar surface area (TPSA) is 58.9 Å². The quantitative estimate of drug-likeness (QED) is 0.276. The summed E-state index contributed by atoms with van der Waals surface area (Å²) in [5, 5.41) is 16.9. The molecule has 0 bridgehead atoms. The number of aliphatic hydroxyl groups excluding tert-OH is 2. The van der Waals surface area contributed by atoms with E-state index in [0.717, 1.165) is 26.1 Å².